The minimum atomic E-state index is -0.341. The Morgan fingerprint density at radius 3 is 2.21 bits per heavy atom. The van der Waals surface area contributed by atoms with E-state index in [-0.39, 0.29) is 24.4 Å². The van der Waals surface area contributed by atoms with Crippen LogP contribution in [0.5, 0.6) is 0 Å². The molecule has 0 heterocycles. The number of ether oxygens (including phenoxy) is 2. The summed E-state index contributed by atoms with van der Waals surface area (Å²) in [5.74, 6) is 0.0830. The number of carbonyl (C=O) groups is 1. The van der Waals surface area contributed by atoms with Gasteiger partial charge in [0.25, 0.3) is 0 Å². The maximum atomic E-state index is 11.3. The Morgan fingerprint density at radius 2 is 1.71 bits per heavy atom. The molecule has 0 unspecified atom stereocenters. The highest BCUT2D eigenvalue weighted by molar-refractivity contribution is 5.84. The van der Waals surface area contributed by atoms with E-state index in [0.29, 0.717) is 19.8 Å². The molecular weight excluding hydrogens is 184 g/mol. The van der Waals surface area contributed by atoms with E-state index in [4.69, 9.17) is 14.6 Å². The minimum absolute atomic E-state index is 0.0148. The molecule has 0 fully saturated rings. The summed E-state index contributed by atoms with van der Waals surface area (Å²) in [4.78, 5) is 11.3. The number of hydrogen-bond acceptors (Lipinski definition) is 4. The summed E-state index contributed by atoms with van der Waals surface area (Å²) in [6.07, 6.45) is 0. The average molecular weight is 204 g/mol. The van der Waals surface area contributed by atoms with Crippen LogP contribution in [-0.2, 0) is 14.3 Å². The van der Waals surface area contributed by atoms with Gasteiger partial charge in [-0.2, -0.15) is 0 Å². The maximum Gasteiger partial charge on any atom is 0.163 e. The molecule has 0 spiro atoms. The summed E-state index contributed by atoms with van der Waals surface area (Å²) in [5.41, 5.74) is -0.341. The van der Waals surface area contributed by atoms with Crippen molar-refractivity contribution in [2.45, 2.75) is 20.8 Å². The van der Waals surface area contributed by atoms with Gasteiger partial charge >= 0.3 is 0 Å². The highest BCUT2D eigenvalue weighted by atomic mass is 16.5. The van der Waals surface area contributed by atoms with Crippen LogP contribution < -0.4 is 0 Å². The van der Waals surface area contributed by atoms with Crippen LogP contribution in [0.2, 0.25) is 0 Å². The molecule has 0 saturated heterocycles. The maximum absolute atomic E-state index is 11.3. The number of hydrogen-bond donors (Lipinski definition) is 1. The zero-order valence-electron chi connectivity index (χ0n) is 9.21. The van der Waals surface area contributed by atoms with Crippen LogP contribution in [0.15, 0.2) is 0 Å². The zero-order chi connectivity index (χ0) is 11.0. The third-order valence-electron chi connectivity index (χ3n) is 1.68. The van der Waals surface area contributed by atoms with Crippen molar-refractivity contribution in [2.24, 2.45) is 5.41 Å². The normalized spacial score (nSPS) is 11.7. The first kappa shape index (κ1) is 13.5. The van der Waals surface area contributed by atoms with Crippen molar-refractivity contribution >= 4 is 5.78 Å². The first-order chi connectivity index (χ1) is 6.48. The van der Waals surface area contributed by atoms with Gasteiger partial charge in [0.2, 0.25) is 0 Å². The van der Waals surface area contributed by atoms with Crippen molar-refractivity contribution in [3.8, 4) is 0 Å². The third-order valence-corrected chi connectivity index (χ3v) is 1.68. The highest BCUT2D eigenvalue weighted by Crippen LogP contribution is 2.14. The molecule has 0 bridgehead atoms. The zero-order valence-corrected chi connectivity index (χ0v) is 9.21. The number of aliphatic hydroxyl groups is 1. The van der Waals surface area contributed by atoms with Crippen molar-refractivity contribution in [3.63, 3.8) is 0 Å². The summed E-state index contributed by atoms with van der Waals surface area (Å²) in [5, 5.41) is 8.40. The lowest BCUT2D eigenvalue weighted by molar-refractivity contribution is -0.131. The van der Waals surface area contributed by atoms with Crippen molar-refractivity contribution in [2.75, 3.05) is 33.0 Å². The summed E-state index contributed by atoms with van der Waals surface area (Å²) in [6, 6.07) is 0. The van der Waals surface area contributed by atoms with E-state index < -0.39 is 0 Å². The standard InChI is InChI=1S/C10H20O4/c1-10(2,3)9(12)8-14-7-6-13-5-4-11/h11H,4-8H2,1-3H3. The fourth-order valence-electron chi connectivity index (χ4n) is 0.666. The second-order valence-electron chi connectivity index (χ2n) is 4.06. The van der Waals surface area contributed by atoms with Gasteiger partial charge in [0.1, 0.15) is 6.61 Å². The lowest BCUT2D eigenvalue weighted by atomic mass is 9.91. The predicted molar refractivity (Wildman–Crippen MR) is 53.2 cm³/mol. The van der Waals surface area contributed by atoms with E-state index in [1.54, 1.807) is 0 Å². The Morgan fingerprint density at radius 1 is 1.14 bits per heavy atom. The molecule has 0 aliphatic carbocycles. The molecule has 0 rings (SSSR count). The summed E-state index contributed by atoms with van der Waals surface area (Å²) in [6.45, 7) is 6.85. The first-order valence-electron chi connectivity index (χ1n) is 4.78. The largest absolute Gasteiger partial charge is 0.394 e. The molecule has 4 nitrogen and oxygen atoms in total. The Kier molecular flexibility index (Phi) is 6.70. The van der Waals surface area contributed by atoms with E-state index in [9.17, 15) is 4.79 Å². The third kappa shape index (κ3) is 7.00. The van der Waals surface area contributed by atoms with Gasteiger partial charge < -0.3 is 14.6 Å². The predicted octanol–water partition coefficient (Wildman–Crippen LogP) is 0.627. The molecular formula is C10H20O4. The Balaban J connectivity index is 3.33. The van der Waals surface area contributed by atoms with E-state index in [2.05, 4.69) is 0 Å². The van der Waals surface area contributed by atoms with Gasteiger partial charge in [0.05, 0.1) is 26.4 Å². The molecule has 14 heavy (non-hydrogen) atoms. The highest BCUT2D eigenvalue weighted by Gasteiger charge is 2.20. The van der Waals surface area contributed by atoms with Crippen LogP contribution in [0.25, 0.3) is 0 Å². The second kappa shape index (κ2) is 6.92. The van der Waals surface area contributed by atoms with Crippen LogP contribution in [0.4, 0.5) is 0 Å². The molecule has 0 atom stereocenters. The quantitative estimate of drug-likeness (QED) is 0.618. The molecule has 0 aliphatic rings. The van der Waals surface area contributed by atoms with Gasteiger partial charge in [0.15, 0.2) is 5.78 Å². The molecule has 84 valence electrons. The SMILES string of the molecule is CC(C)(C)C(=O)COCCOCCO. The van der Waals surface area contributed by atoms with Crippen LogP contribution in [0.3, 0.4) is 0 Å². The number of aliphatic hydroxyl groups excluding tert-OH is 1. The van der Waals surface area contributed by atoms with Gasteiger partial charge in [-0.3, -0.25) is 4.79 Å². The minimum Gasteiger partial charge on any atom is -0.394 e. The van der Waals surface area contributed by atoms with E-state index in [1.165, 1.54) is 0 Å². The number of carbonyl (C=O) groups excluding carboxylic acids is 1. The van der Waals surface area contributed by atoms with Gasteiger partial charge in [-0.15, -0.1) is 0 Å². The monoisotopic (exact) mass is 204 g/mol. The van der Waals surface area contributed by atoms with Crippen LogP contribution >= 0.6 is 0 Å². The lowest BCUT2D eigenvalue weighted by Crippen LogP contribution is -2.25. The molecule has 0 saturated carbocycles. The van der Waals surface area contributed by atoms with Crippen LogP contribution in [0, 0.1) is 5.41 Å². The van der Waals surface area contributed by atoms with E-state index >= 15 is 0 Å². The molecule has 0 aromatic carbocycles. The number of Topliss-reactive ketones (excluding diaryl/α,β-unsaturated/α-hetero) is 1. The molecule has 0 radical (unpaired) electrons. The Hall–Kier alpha value is -0.450. The smallest absolute Gasteiger partial charge is 0.163 e. The fraction of sp³-hybridized carbons (Fsp3) is 0.900. The Bertz CT molecular complexity index is 160. The second-order valence-corrected chi connectivity index (χ2v) is 4.06. The summed E-state index contributed by atoms with van der Waals surface area (Å²) < 4.78 is 10.1. The lowest BCUT2D eigenvalue weighted by Gasteiger charge is -2.16. The fourth-order valence-corrected chi connectivity index (χ4v) is 0.666. The molecule has 0 aromatic rings. The van der Waals surface area contributed by atoms with E-state index in [0.717, 1.165) is 0 Å². The van der Waals surface area contributed by atoms with Crippen LogP contribution in [-0.4, -0.2) is 43.9 Å². The van der Waals surface area contributed by atoms with Crippen molar-refractivity contribution in [3.05, 3.63) is 0 Å². The first-order valence-corrected chi connectivity index (χ1v) is 4.78. The van der Waals surface area contributed by atoms with Gasteiger partial charge in [-0.1, -0.05) is 20.8 Å². The Labute approximate surface area is 85.2 Å². The molecule has 0 aliphatic heterocycles. The average Bonchev–Trinajstić information content (AvgIpc) is 2.09. The van der Waals surface area contributed by atoms with E-state index in [1.807, 2.05) is 20.8 Å². The van der Waals surface area contributed by atoms with Gasteiger partial charge in [0, 0.05) is 5.41 Å². The summed E-state index contributed by atoms with van der Waals surface area (Å²) >= 11 is 0. The van der Waals surface area contributed by atoms with Gasteiger partial charge in [-0.05, 0) is 0 Å². The van der Waals surface area contributed by atoms with Crippen molar-refractivity contribution in [1.29, 1.82) is 0 Å². The topological polar surface area (TPSA) is 55.8 Å². The summed E-state index contributed by atoms with van der Waals surface area (Å²) in [7, 11) is 0. The van der Waals surface area contributed by atoms with Crippen molar-refractivity contribution in [1.82, 2.24) is 0 Å². The van der Waals surface area contributed by atoms with Gasteiger partial charge in [-0.25, -0.2) is 0 Å². The molecule has 0 amide bonds. The molecule has 4 heteroatoms. The van der Waals surface area contributed by atoms with Crippen LogP contribution in [0.1, 0.15) is 20.8 Å². The molecule has 0 aromatic heterocycles. The number of ketones is 1. The van der Waals surface area contributed by atoms with Crippen molar-refractivity contribution < 1.29 is 19.4 Å². The molecule has 1 N–H and O–H groups in total. The number of rotatable bonds is 7.